The number of rotatable bonds is 2. The fourth-order valence-corrected chi connectivity index (χ4v) is 8.11. The fraction of sp³-hybridized carbons (Fsp3) is 0. The Morgan fingerprint density at radius 2 is 0.854 bits per heavy atom. The second kappa shape index (κ2) is 9.50. The Balaban J connectivity index is 1.35. The predicted octanol–water partition coefficient (Wildman–Crippen LogP) is 11.3. The van der Waals surface area contributed by atoms with Crippen LogP contribution in [0.15, 0.2) is 158 Å². The van der Waals surface area contributed by atoms with Crippen molar-refractivity contribution in [3.63, 3.8) is 0 Å². The lowest BCUT2D eigenvalue weighted by Gasteiger charge is -2.15. The van der Waals surface area contributed by atoms with Crippen molar-refractivity contribution in [1.82, 2.24) is 19.1 Å². The van der Waals surface area contributed by atoms with Crippen LogP contribution in [-0.2, 0) is 0 Å². The summed E-state index contributed by atoms with van der Waals surface area (Å²) in [6, 6.07) is 54.4. The third-order valence-electron chi connectivity index (χ3n) is 10.1. The standard InChI is InChI=1S/C44H26N4/c1-2-14-28-27(12-1)13-11-23-37(28)47-38-21-9-7-17-31(38)35-24-25-36-32-18-8-10-22-39(32)48(44(36)43(35)47)40-26-45-41-33-19-5-3-15-29(33)30-16-4-6-20-34(30)42(41)46-40/h1-26H. The molecule has 222 valence electrons. The average Bonchev–Trinajstić information content (AvgIpc) is 3.68. The van der Waals surface area contributed by atoms with Crippen LogP contribution in [0.1, 0.15) is 0 Å². The summed E-state index contributed by atoms with van der Waals surface area (Å²) in [6.45, 7) is 0. The third-order valence-corrected chi connectivity index (χ3v) is 10.1. The fourth-order valence-electron chi connectivity index (χ4n) is 8.11. The van der Waals surface area contributed by atoms with Gasteiger partial charge in [-0.3, -0.25) is 9.55 Å². The van der Waals surface area contributed by atoms with E-state index in [0.717, 1.165) is 49.9 Å². The van der Waals surface area contributed by atoms with Crippen molar-refractivity contribution >= 4 is 87.0 Å². The minimum Gasteiger partial charge on any atom is -0.307 e. The van der Waals surface area contributed by atoms with Crippen LogP contribution < -0.4 is 0 Å². The zero-order valence-electron chi connectivity index (χ0n) is 25.8. The monoisotopic (exact) mass is 610 g/mol. The van der Waals surface area contributed by atoms with Gasteiger partial charge in [0.2, 0.25) is 0 Å². The number of hydrogen-bond acceptors (Lipinski definition) is 2. The highest BCUT2D eigenvalue weighted by Crippen LogP contribution is 2.43. The van der Waals surface area contributed by atoms with Crippen LogP contribution >= 0.6 is 0 Å². The molecule has 0 aliphatic heterocycles. The van der Waals surface area contributed by atoms with Crippen molar-refractivity contribution in [2.45, 2.75) is 0 Å². The molecule has 4 heteroatoms. The van der Waals surface area contributed by atoms with Gasteiger partial charge in [0.1, 0.15) is 0 Å². The van der Waals surface area contributed by atoms with E-state index >= 15 is 0 Å². The molecule has 48 heavy (non-hydrogen) atoms. The van der Waals surface area contributed by atoms with E-state index in [4.69, 9.17) is 9.97 Å². The Bertz CT molecular complexity index is 3090. The van der Waals surface area contributed by atoms with Crippen molar-refractivity contribution < 1.29 is 0 Å². The SMILES string of the molecule is c1ccc2c(-n3c4ccccc4c4ccc5c6ccccc6n(-c6cnc7c8ccccc8c8ccccc8c7n6)c5c43)cccc2c1. The molecule has 0 atom stereocenters. The zero-order valence-corrected chi connectivity index (χ0v) is 25.8. The van der Waals surface area contributed by atoms with E-state index < -0.39 is 0 Å². The molecule has 0 saturated carbocycles. The minimum atomic E-state index is 0.802. The number of aromatic nitrogens is 4. The Morgan fingerprint density at radius 3 is 1.54 bits per heavy atom. The van der Waals surface area contributed by atoms with E-state index in [1.54, 1.807) is 0 Å². The largest absolute Gasteiger partial charge is 0.307 e. The number of para-hydroxylation sites is 2. The molecule has 0 aliphatic rings. The molecule has 0 aliphatic carbocycles. The first-order chi connectivity index (χ1) is 23.8. The molecule has 0 saturated heterocycles. The van der Waals surface area contributed by atoms with Crippen LogP contribution in [0.2, 0.25) is 0 Å². The van der Waals surface area contributed by atoms with Crippen LogP contribution in [-0.4, -0.2) is 19.1 Å². The Hall–Kier alpha value is -6.52. The first kappa shape index (κ1) is 25.6. The van der Waals surface area contributed by atoms with Crippen LogP contribution in [0.3, 0.4) is 0 Å². The van der Waals surface area contributed by atoms with Gasteiger partial charge in [0.15, 0.2) is 5.82 Å². The lowest BCUT2D eigenvalue weighted by atomic mass is 10.00. The second-order valence-corrected chi connectivity index (χ2v) is 12.6. The molecule has 0 radical (unpaired) electrons. The highest BCUT2D eigenvalue weighted by Gasteiger charge is 2.23. The van der Waals surface area contributed by atoms with Gasteiger partial charge in [-0.1, -0.05) is 133 Å². The highest BCUT2D eigenvalue weighted by atomic mass is 15.1. The predicted molar refractivity (Wildman–Crippen MR) is 201 cm³/mol. The van der Waals surface area contributed by atoms with Gasteiger partial charge < -0.3 is 4.57 Å². The lowest BCUT2D eigenvalue weighted by Crippen LogP contribution is -2.02. The molecular weight excluding hydrogens is 585 g/mol. The van der Waals surface area contributed by atoms with Gasteiger partial charge >= 0.3 is 0 Å². The first-order valence-electron chi connectivity index (χ1n) is 16.4. The zero-order chi connectivity index (χ0) is 31.3. The molecule has 0 fully saturated rings. The van der Waals surface area contributed by atoms with Crippen molar-refractivity contribution in [3.8, 4) is 11.5 Å². The minimum absolute atomic E-state index is 0.802. The third kappa shape index (κ3) is 3.33. The van der Waals surface area contributed by atoms with Crippen LogP contribution in [0.25, 0.3) is 98.5 Å². The van der Waals surface area contributed by atoms with Gasteiger partial charge in [-0.25, -0.2) is 4.98 Å². The summed E-state index contributed by atoms with van der Waals surface area (Å²) in [5, 5.41) is 11.8. The van der Waals surface area contributed by atoms with Gasteiger partial charge in [0.05, 0.1) is 45.0 Å². The van der Waals surface area contributed by atoms with E-state index in [0.29, 0.717) is 0 Å². The van der Waals surface area contributed by atoms with Gasteiger partial charge in [-0.2, -0.15) is 0 Å². The van der Waals surface area contributed by atoms with E-state index in [1.165, 1.54) is 48.6 Å². The number of benzene rings is 8. The topological polar surface area (TPSA) is 35.6 Å². The molecule has 0 amide bonds. The molecule has 0 N–H and O–H groups in total. The maximum absolute atomic E-state index is 5.50. The lowest BCUT2D eigenvalue weighted by molar-refractivity contribution is 1.08. The summed E-state index contributed by atoms with van der Waals surface area (Å²) in [6.07, 6.45) is 1.96. The molecule has 0 unspecified atom stereocenters. The molecule has 3 aromatic heterocycles. The number of fused-ring (bicyclic) bond motifs is 14. The summed E-state index contributed by atoms with van der Waals surface area (Å²) in [5.74, 6) is 0.802. The van der Waals surface area contributed by atoms with Crippen molar-refractivity contribution in [3.05, 3.63) is 158 Å². The van der Waals surface area contributed by atoms with Gasteiger partial charge in [-0.05, 0) is 34.4 Å². The van der Waals surface area contributed by atoms with Crippen molar-refractivity contribution in [2.75, 3.05) is 0 Å². The summed E-state index contributed by atoms with van der Waals surface area (Å²) >= 11 is 0. The van der Waals surface area contributed by atoms with E-state index in [1.807, 2.05) is 6.20 Å². The molecular formula is C44H26N4. The van der Waals surface area contributed by atoms with Crippen molar-refractivity contribution in [1.29, 1.82) is 0 Å². The Labute approximate surface area is 274 Å². The molecule has 8 aromatic carbocycles. The van der Waals surface area contributed by atoms with Crippen LogP contribution in [0, 0.1) is 0 Å². The summed E-state index contributed by atoms with van der Waals surface area (Å²) < 4.78 is 4.80. The van der Waals surface area contributed by atoms with Gasteiger partial charge in [0.25, 0.3) is 0 Å². The highest BCUT2D eigenvalue weighted by molar-refractivity contribution is 6.25. The van der Waals surface area contributed by atoms with E-state index in [9.17, 15) is 0 Å². The summed E-state index contributed by atoms with van der Waals surface area (Å²) in [7, 11) is 0. The van der Waals surface area contributed by atoms with Crippen LogP contribution in [0.4, 0.5) is 0 Å². The quantitative estimate of drug-likeness (QED) is 0.183. The Kier molecular flexibility index (Phi) is 5.08. The molecule has 3 heterocycles. The van der Waals surface area contributed by atoms with Crippen LogP contribution in [0.5, 0.6) is 0 Å². The van der Waals surface area contributed by atoms with E-state index in [-0.39, 0.29) is 0 Å². The molecule has 0 spiro atoms. The smallest absolute Gasteiger partial charge is 0.157 e. The number of nitrogens with zero attached hydrogens (tertiary/aromatic N) is 4. The summed E-state index contributed by atoms with van der Waals surface area (Å²) in [4.78, 5) is 10.7. The van der Waals surface area contributed by atoms with Crippen molar-refractivity contribution in [2.24, 2.45) is 0 Å². The number of hydrogen-bond donors (Lipinski definition) is 0. The normalized spacial score (nSPS) is 12.2. The Morgan fingerprint density at radius 1 is 0.354 bits per heavy atom. The maximum atomic E-state index is 5.50. The maximum Gasteiger partial charge on any atom is 0.157 e. The van der Waals surface area contributed by atoms with Gasteiger partial charge in [-0.15, -0.1) is 0 Å². The molecule has 11 rings (SSSR count). The van der Waals surface area contributed by atoms with E-state index in [2.05, 4.69) is 161 Å². The molecule has 0 bridgehead atoms. The molecule has 4 nitrogen and oxygen atoms in total. The second-order valence-electron chi connectivity index (χ2n) is 12.6. The molecule has 11 aromatic rings. The first-order valence-corrected chi connectivity index (χ1v) is 16.4. The van der Waals surface area contributed by atoms with Gasteiger partial charge in [0, 0.05) is 37.7 Å². The summed E-state index contributed by atoms with van der Waals surface area (Å²) in [5.41, 5.74) is 7.55. The average molecular weight is 611 g/mol.